The van der Waals surface area contributed by atoms with Crippen LogP contribution in [0.5, 0.6) is 0 Å². The first kappa shape index (κ1) is 23.0. The lowest BCUT2D eigenvalue weighted by Gasteiger charge is -2.37. The first-order chi connectivity index (χ1) is 13.7. The SMILES string of the molecule is CCNC(=NCCNC(=O)c1ccco1)N1CCN(c2ccccc2F)CC1.I. The van der Waals surface area contributed by atoms with Crippen molar-refractivity contribution in [1.29, 1.82) is 0 Å². The summed E-state index contributed by atoms with van der Waals surface area (Å²) < 4.78 is 19.1. The molecule has 1 fully saturated rings. The van der Waals surface area contributed by atoms with Gasteiger partial charge in [0.15, 0.2) is 11.7 Å². The fourth-order valence-electron chi connectivity index (χ4n) is 3.12. The number of aliphatic imine (C=N–C) groups is 1. The van der Waals surface area contributed by atoms with E-state index in [0.29, 0.717) is 24.5 Å². The van der Waals surface area contributed by atoms with Crippen LogP contribution in [0.4, 0.5) is 10.1 Å². The second-order valence-electron chi connectivity index (χ2n) is 6.39. The molecule has 0 aliphatic carbocycles. The molecule has 1 aliphatic heterocycles. The zero-order valence-corrected chi connectivity index (χ0v) is 18.8. The Hall–Kier alpha value is -2.30. The van der Waals surface area contributed by atoms with E-state index in [1.165, 1.54) is 12.3 Å². The number of para-hydroxylation sites is 1. The highest BCUT2D eigenvalue weighted by Gasteiger charge is 2.21. The van der Waals surface area contributed by atoms with E-state index in [0.717, 1.165) is 38.7 Å². The molecule has 1 aliphatic rings. The Morgan fingerprint density at radius 1 is 1.14 bits per heavy atom. The molecule has 1 saturated heterocycles. The van der Waals surface area contributed by atoms with E-state index in [-0.39, 0.29) is 35.7 Å². The number of hydrogen-bond acceptors (Lipinski definition) is 4. The van der Waals surface area contributed by atoms with Crippen LogP contribution in [-0.2, 0) is 0 Å². The number of carbonyl (C=O) groups is 1. The van der Waals surface area contributed by atoms with Crippen molar-refractivity contribution in [3.8, 4) is 0 Å². The van der Waals surface area contributed by atoms with Crippen molar-refractivity contribution in [3.63, 3.8) is 0 Å². The molecule has 1 aromatic carbocycles. The van der Waals surface area contributed by atoms with Crippen LogP contribution in [0.1, 0.15) is 17.5 Å². The fraction of sp³-hybridized carbons (Fsp3) is 0.400. The number of nitrogens with zero attached hydrogens (tertiary/aromatic N) is 3. The average molecular weight is 515 g/mol. The topological polar surface area (TPSA) is 73.1 Å². The molecule has 1 aromatic heterocycles. The van der Waals surface area contributed by atoms with Crippen molar-refractivity contribution >= 4 is 41.5 Å². The van der Waals surface area contributed by atoms with Gasteiger partial charge >= 0.3 is 0 Å². The maximum Gasteiger partial charge on any atom is 0.287 e. The molecule has 29 heavy (non-hydrogen) atoms. The van der Waals surface area contributed by atoms with Crippen molar-refractivity contribution in [2.75, 3.05) is 50.7 Å². The monoisotopic (exact) mass is 515 g/mol. The van der Waals surface area contributed by atoms with Crippen LogP contribution in [0.3, 0.4) is 0 Å². The Kier molecular flexibility index (Phi) is 9.23. The number of guanidine groups is 1. The summed E-state index contributed by atoms with van der Waals surface area (Å²) in [7, 11) is 0. The number of rotatable bonds is 6. The van der Waals surface area contributed by atoms with Crippen LogP contribution < -0.4 is 15.5 Å². The highest BCUT2D eigenvalue weighted by molar-refractivity contribution is 14.0. The first-order valence-corrected chi connectivity index (χ1v) is 9.53. The fourth-order valence-corrected chi connectivity index (χ4v) is 3.12. The number of piperazine rings is 1. The van der Waals surface area contributed by atoms with Gasteiger partial charge in [0.25, 0.3) is 5.91 Å². The average Bonchev–Trinajstić information content (AvgIpc) is 3.26. The number of anilines is 1. The van der Waals surface area contributed by atoms with E-state index in [9.17, 15) is 9.18 Å². The minimum atomic E-state index is -0.247. The zero-order valence-electron chi connectivity index (χ0n) is 16.4. The van der Waals surface area contributed by atoms with E-state index in [1.807, 2.05) is 19.1 Å². The summed E-state index contributed by atoms with van der Waals surface area (Å²) in [6, 6.07) is 10.2. The van der Waals surface area contributed by atoms with Crippen LogP contribution in [0.25, 0.3) is 0 Å². The van der Waals surface area contributed by atoms with Crippen molar-refractivity contribution in [2.24, 2.45) is 4.99 Å². The maximum absolute atomic E-state index is 14.0. The molecule has 0 spiro atoms. The molecule has 7 nitrogen and oxygen atoms in total. The molecule has 158 valence electrons. The van der Waals surface area contributed by atoms with Gasteiger partial charge in [0, 0.05) is 39.3 Å². The van der Waals surface area contributed by atoms with Gasteiger partial charge in [0.1, 0.15) is 5.82 Å². The van der Waals surface area contributed by atoms with Crippen molar-refractivity contribution in [2.45, 2.75) is 6.92 Å². The third-order valence-corrected chi connectivity index (χ3v) is 4.51. The van der Waals surface area contributed by atoms with Gasteiger partial charge in [-0.2, -0.15) is 0 Å². The zero-order chi connectivity index (χ0) is 19.8. The largest absolute Gasteiger partial charge is 0.459 e. The Bertz CT molecular complexity index is 792. The molecule has 9 heteroatoms. The smallest absolute Gasteiger partial charge is 0.287 e. The molecular weight excluding hydrogens is 488 g/mol. The molecule has 2 heterocycles. The quantitative estimate of drug-likeness (QED) is 0.268. The summed E-state index contributed by atoms with van der Waals surface area (Å²) >= 11 is 0. The lowest BCUT2D eigenvalue weighted by molar-refractivity contribution is 0.0927. The van der Waals surface area contributed by atoms with Gasteiger partial charge in [0.2, 0.25) is 0 Å². The van der Waals surface area contributed by atoms with Gasteiger partial charge in [0.05, 0.1) is 18.5 Å². The number of carbonyl (C=O) groups excluding carboxylic acids is 1. The minimum absolute atomic E-state index is 0. The molecule has 0 bridgehead atoms. The molecule has 3 rings (SSSR count). The molecule has 0 atom stereocenters. The number of hydrogen-bond donors (Lipinski definition) is 2. The van der Waals surface area contributed by atoms with E-state index in [4.69, 9.17) is 4.42 Å². The summed E-state index contributed by atoms with van der Waals surface area (Å²) in [4.78, 5) is 20.7. The first-order valence-electron chi connectivity index (χ1n) is 9.53. The minimum Gasteiger partial charge on any atom is -0.459 e. The summed E-state index contributed by atoms with van der Waals surface area (Å²) in [6.07, 6.45) is 1.47. The number of furan rings is 1. The number of halogens is 2. The number of benzene rings is 1. The molecule has 0 unspecified atom stereocenters. The molecular formula is C20H27FIN5O2. The van der Waals surface area contributed by atoms with Crippen molar-refractivity contribution < 1.29 is 13.6 Å². The number of amides is 1. The van der Waals surface area contributed by atoms with Crippen LogP contribution in [0, 0.1) is 5.82 Å². The third-order valence-electron chi connectivity index (χ3n) is 4.51. The summed E-state index contributed by atoms with van der Waals surface area (Å²) in [6.45, 7) is 6.60. The second kappa shape index (κ2) is 11.6. The van der Waals surface area contributed by atoms with Crippen LogP contribution in [0.15, 0.2) is 52.1 Å². The normalized spacial score (nSPS) is 14.3. The van der Waals surface area contributed by atoms with Crippen molar-refractivity contribution in [3.05, 3.63) is 54.2 Å². The predicted molar refractivity (Wildman–Crippen MR) is 123 cm³/mol. The molecule has 2 N–H and O–H groups in total. The highest BCUT2D eigenvalue weighted by atomic mass is 127. The Balaban J connectivity index is 0.00000300. The molecule has 0 radical (unpaired) electrons. The molecule has 2 aromatic rings. The Morgan fingerprint density at radius 3 is 2.55 bits per heavy atom. The van der Waals surface area contributed by atoms with Crippen molar-refractivity contribution in [1.82, 2.24) is 15.5 Å². The van der Waals surface area contributed by atoms with E-state index >= 15 is 0 Å². The maximum atomic E-state index is 14.0. The summed E-state index contributed by atoms with van der Waals surface area (Å²) in [5.41, 5.74) is 0.643. The van der Waals surface area contributed by atoms with Crippen LogP contribution >= 0.6 is 24.0 Å². The van der Waals surface area contributed by atoms with Gasteiger partial charge in [-0.05, 0) is 31.2 Å². The standard InChI is InChI=1S/C20H26FN5O2.HI/c1-2-22-20(24-10-9-23-19(27)18-8-5-15-28-18)26-13-11-25(12-14-26)17-7-4-3-6-16(17)21;/h3-8,15H,2,9-14H2,1H3,(H,22,24)(H,23,27);1H. The Labute approximate surface area is 187 Å². The molecule has 0 saturated carbocycles. The third kappa shape index (κ3) is 6.34. The van der Waals surface area contributed by atoms with Gasteiger partial charge in [-0.25, -0.2) is 4.39 Å². The van der Waals surface area contributed by atoms with Crippen LogP contribution in [-0.4, -0.2) is 62.6 Å². The lowest BCUT2D eigenvalue weighted by Crippen LogP contribution is -2.52. The summed E-state index contributed by atoms with van der Waals surface area (Å²) in [5, 5.41) is 6.07. The van der Waals surface area contributed by atoms with E-state index in [2.05, 4.69) is 25.4 Å². The molecule has 1 amide bonds. The van der Waals surface area contributed by atoms with Gasteiger partial charge < -0.3 is 24.9 Å². The highest BCUT2D eigenvalue weighted by Crippen LogP contribution is 2.20. The van der Waals surface area contributed by atoms with Gasteiger partial charge in [-0.3, -0.25) is 9.79 Å². The van der Waals surface area contributed by atoms with E-state index < -0.39 is 0 Å². The van der Waals surface area contributed by atoms with Gasteiger partial charge in [-0.1, -0.05) is 12.1 Å². The summed E-state index contributed by atoms with van der Waals surface area (Å²) in [5.74, 6) is 0.663. The van der Waals surface area contributed by atoms with Crippen LogP contribution in [0.2, 0.25) is 0 Å². The van der Waals surface area contributed by atoms with E-state index in [1.54, 1.807) is 18.2 Å². The predicted octanol–water partition coefficient (Wildman–Crippen LogP) is 2.55. The lowest BCUT2D eigenvalue weighted by atomic mass is 10.2. The number of nitrogens with one attached hydrogen (secondary N) is 2. The Morgan fingerprint density at radius 2 is 1.90 bits per heavy atom. The second-order valence-corrected chi connectivity index (χ2v) is 6.39. The van der Waals surface area contributed by atoms with Gasteiger partial charge in [-0.15, -0.1) is 24.0 Å².